The van der Waals surface area contributed by atoms with Crippen molar-refractivity contribution < 1.29 is 86.2 Å². The third kappa shape index (κ3) is 13.9. The van der Waals surface area contributed by atoms with E-state index in [4.69, 9.17) is 37.9 Å². The summed E-state index contributed by atoms with van der Waals surface area (Å²) in [6.07, 6.45) is -0.644. The summed E-state index contributed by atoms with van der Waals surface area (Å²) in [6.45, 7) is -0.499. The second-order valence-electron chi connectivity index (χ2n) is 16.3. The number of hydrogen-bond acceptors (Lipinski definition) is 18. The van der Waals surface area contributed by atoms with Crippen LogP contribution in [0, 0.1) is 0 Å². The van der Waals surface area contributed by atoms with Gasteiger partial charge in [-0.15, -0.1) is 0 Å². The van der Waals surface area contributed by atoms with E-state index in [9.17, 15) is 48.3 Å². The molecule has 0 aromatic carbocycles. The number of aliphatic hydroxyl groups is 1. The van der Waals surface area contributed by atoms with Crippen molar-refractivity contribution in [2.24, 2.45) is 0 Å². The molecule has 70 heavy (non-hydrogen) atoms. The Labute approximate surface area is 403 Å². The minimum atomic E-state index is -1.59. The minimum absolute atomic E-state index is 0.000277. The Morgan fingerprint density at radius 3 is 1.37 bits per heavy atom. The van der Waals surface area contributed by atoms with E-state index in [1.54, 1.807) is 6.20 Å². The van der Waals surface area contributed by atoms with Gasteiger partial charge < -0.3 is 63.3 Å². The highest BCUT2D eigenvalue weighted by molar-refractivity contribution is 6.00. The topological polar surface area (TPSA) is 307 Å². The van der Waals surface area contributed by atoms with E-state index in [1.165, 1.54) is 56.9 Å². The molecule has 0 spiro atoms. The number of esters is 8. The molecular formula is C48H62N4O18. The molecule has 4 heterocycles. The largest absolute Gasteiger partial charge is 0.469 e. The van der Waals surface area contributed by atoms with Gasteiger partial charge in [-0.05, 0) is 64.6 Å². The number of carbonyl (C=O) groups excluding carboxylic acids is 9. The van der Waals surface area contributed by atoms with Crippen LogP contribution < -0.4 is 5.32 Å². The fourth-order valence-corrected chi connectivity index (χ4v) is 8.85. The maximum absolute atomic E-state index is 14.4. The number of hydrogen-bond donors (Lipinski definition) is 5. The standard InChI is InChI=1S/C48H62N4O18/c1-63-39(54)13-9-27-26(17-43(58)67-5)24-49-36(27)22-48(33(20-46(61)70-8)30(47(62)52-48)12-16-42(57)66-4)23-37-32(19-45(60)69-7)28(10-14-40(55)64-2)34(50-37)21-35-31(18-44(59)68-6)29(38(25-53)51-35)11-15-41(56)65-3/h24,49-51,53H,9-23,25H2,1-8H3,(H,52,62). The lowest BCUT2D eigenvalue weighted by Crippen LogP contribution is -2.49. The average molecular weight is 983 g/mol. The summed E-state index contributed by atoms with van der Waals surface area (Å²) < 4.78 is 39.9. The Balaban J connectivity index is 2.10. The van der Waals surface area contributed by atoms with Crippen molar-refractivity contribution in [2.75, 3.05) is 56.9 Å². The maximum Gasteiger partial charge on any atom is 0.310 e. The van der Waals surface area contributed by atoms with Gasteiger partial charge in [-0.2, -0.15) is 0 Å². The first-order valence-electron chi connectivity index (χ1n) is 22.3. The molecule has 22 nitrogen and oxygen atoms in total. The molecule has 0 radical (unpaired) electrons. The van der Waals surface area contributed by atoms with E-state index in [2.05, 4.69) is 20.3 Å². The Kier molecular flexibility index (Phi) is 20.5. The van der Waals surface area contributed by atoms with Gasteiger partial charge in [0.05, 0.1) is 94.7 Å². The van der Waals surface area contributed by atoms with Crippen LogP contribution in [0.5, 0.6) is 0 Å². The highest BCUT2D eigenvalue weighted by atomic mass is 16.5. The molecule has 0 bridgehead atoms. The van der Waals surface area contributed by atoms with Crippen LogP contribution >= 0.6 is 0 Å². The summed E-state index contributed by atoms with van der Waals surface area (Å²) in [5.41, 5.74) is 3.43. The smallest absolute Gasteiger partial charge is 0.310 e. The number of amides is 1. The van der Waals surface area contributed by atoms with Crippen molar-refractivity contribution >= 4 is 53.7 Å². The van der Waals surface area contributed by atoms with Crippen molar-refractivity contribution in [3.8, 4) is 0 Å². The molecule has 0 aliphatic carbocycles. The van der Waals surface area contributed by atoms with E-state index in [1.807, 2.05) is 0 Å². The number of aliphatic hydroxyl groups excluding tert-OH is 1. The van der Waals surface area contributed by atoms with E-state index >= 15 is 0 Å². The zero-order chi connectivity index (χ0) is 51.7. The lowest BCUT2D eigenvalue weighted by atomic mass is 9.77. The monoisotopic (exact) mass is 982 g/mol. The van der Waals surface area contributed by atoms with Crippen LogP contribution in [-0.2, 0) is 145 Å². The van der Waals surface area contributed by atoms with Gasteiger partial charge in [0, 0.05) is 85.2 Å². The minimum Gasteiger partial charge on any atom is -0.469 e. The summed E-state index contributed by atoms with van der Waals surface area (Å²) in [5.74, 6) is -5.51. The van der Waals surface area contributed by atoms with Crippen LogP contribution in [0.15, 0.2) is 17.3 Å². The summed E-state index contributed by atoms with van der Waals surface area (Å²) in [7, 11) is 9.71. The highest BCUT2D eigenvalue weighted by Crippen LogP contribution is 2.41. The Morgan fingerprint density at radius 2 is 0.871 bits per heavy atom. The summed E-state index contributed by atoms with van der Waals surface area (Å²) >= 11 is 0. The van der Waals surface area contributed by atoms with Crippen LogP contribution in [-0.4, -0.2) is 136 Å². The van der Waals surface area contributed by atoms with Gasteiger partial charge in [-0.1, -0.05) is 0 Å². The summed E-state index contributed by atoms with van der Waals surface area (Å²) in [6, 6.07) is 0. The molecule has 1 atom stereocenters. The first kappa shape index (κ1) is 55.4. The van der Waals surface area contributed by atoms with E-state index in [0.717, 1.165) is 0 Å². The van der Waals surface area contributed by atoms with Gasteiger partial charge in [0.1, 0.15) is 0 Å². The first-order chi connectivity index (χ1) is 33.4. The SMILES string of the molecule is COC(=O)CCC1=C(CC(=O)OC)C(Cc2[nH]cc(CC(=O)OC)c2CCC(=O)OC)(Cc2[nH]c(Cc3[nH]c(CO)c(CCC(=O)OC)c3CC(=O)OC)c(CCC(=O)OC)c2CC(=O)OC)NC1=O. The lowest BCUT2D eigenvalue weighted by Gasteiger charge is -2.33. The number of aromatic nitrogens is 3. The quantitative estimate of drug-likeness (QED) is 0.0536. The molecule has 3 aromatic rings. The molecule has 0 saturated carbocycles. The highest BCUT2D eigenvalue weighted by Gasteiger charge is 2.47. The van der Waals surface area contributed by atoms with Crippen molar-refractivity contribution in [1.29, 1.82) is 0 Å². The molecule has 1 amide bonds. The van der Waals surface area contributed by atoms with Crippen molar-refractivity contribution in [2.45, 2.75) is 108 Å². The Bertz CT molecular complexity index is 2470. The molecular weight excluding hydrogens is 921 g/mol. The number of H-pyrrole nitrogens is 3. The Hall–Kier alpha value is -7.23. The van der Waals surface area contributed by atoms with Gasteiger partial charge in [0.15, 0.2) is 0 Å². The molecule has 5 N–H and O–H groups in total. The average Bonchev–Trinajstić information content (AvgIpc) is 4.06. The van der Waals surface area contributed by atoms with Gasteiger partial charge in [0.2, 0.25) is 5.91 Å². The number of carbonyl (C=O) groups is 9. The molecule has 4 rings (SSSR count). The fourth-order valence-electron chi connectivity index (χ4n) is 8.85. The van der Waals surface area contributed by atoms with Crippen LogP contribution in [0.3, 0.4) is 0 Å². The first-order valence-corrected chi connectivity index (χ1v) is 22.3. The fraction of sp³-hybridized carbons (Fsp3) is 0.521. The van der Waals surface area contributed by atoms with Gasteiger partial charge in [-0.25, -0.2) is 0 Å². The number of nitrogens with one attached hydrogen (secondary N) is 4. The van der Waals surface area contributed by atoms with Crippen molar-refractivity contribution in [1.82, 2.24) is 20.3 Å². The number of rotatable bonds is 27. The van der Waals surface area contributed by atoms with Gasteiger partial charge >= 0.3 is 47.8 Å². The van der Waals surface area contributed by atoms with Gasteiger partial charge in [-0.3, -0.25) is 43.2 Å². The maximum atomic E-state index is 14.4. The number of ether oxygens (including phenoxy) is 8. The van der Waals surface area contributed by atoms with Crippen LogP contribution in [0.1, 0.15) is 100 Å². The zero-order valence-electron chi connectivity index (χ0n) is 40.8. The second-order valence-corrected chi connectivity index (χ2v) is 16.3. The summed E-state index contributed by atoms with van der Waals surface area (Å²) in [4.78, 5) is 127. The third-order valence-corrected chi connectivity index (χ3v) is 12.4. The van der Waals surface area contributed by atoms with E-state index < -0.39 is 72.2 Å². The summed E-state index contributed by atoms with van der Waals surface area (Å²) in [5, 5.41) is 13.6. The molecule has 3 aromatic heterocycles. The predicted octanol–water partition coefficient (Wildman–Crippen LogP) is 1.68. The number of methoxy groups -OCH3 is 8. The van der Waals surface area contributed by atoms with Crippen molar-refractivity contribution in [3.63, 3.8) is 0 Å². The second kappa shape index (κ2) is 25.9. The molecule has 0 saturated heterocycles. The van der Waals surface area contributed by atoms with E-state index in [-0.39, 0.29) is 101 Å². The van der Waals surface area contributed by atoms with E-state index in [0.29, 0.717) is 61.9 Å². The molecule has 22 heteroatoms. The molecule has 1 aliphatic rings. The van der Waals surface area contributed by atoms with Crippen LogP contribution in [0.4, 0.5) is 0 Å². The normalized spacial score (nSPS) is 14.2. The zero-order valence-corrected chi connectivity index (χ0v) is 40.8. The van der Waals surface area contributed by atoms with Gasteiger partial charge in [0.25, 0.3) is 0 Å². The van der Waals surface area contributed by atoms with Crippen LogP contribution in [0.25, 0.3) is 0 Å². The van der Waals surface area contributed by atoms with Crippen LogP contribution in [0.2, 0.25) is 0 Å². The molecule has 1 aliphatic heterocycles. The lowest BCUT2D eigenvalue weighted by molar-refractivity contribution is -0.141. The molecule has 1 unspecified atom stereocenters. The van der Waals surface area contributed by atoms with Crippen molar-refractivity contribution in [3.05, 3.63) is 79.2 Å². The molecule has 382 valence electrons. The Morgan fingerprint density at radius 1 is 0.471 bits per heavy atom. The molecule has 0 fully saturated rings. The third-order valence-electron chi connectivity index (χ3n) is 12.4. The number of aromatic amines is 3. The predicted molar refractivity (Wildman–Crippen MR) is 242 cm³/mol.